The number of nitrogens with one attached hydrogen (secondary N) is 2. The second kappa shape index (κ2) is 14.3. The number of amides is 2. The van der Waals surface area contributed by atoms with E-state index in [9.17, 15) is 19.2 Å². The number of likely N-dealkylation sites (tertiary alicyclic amines) is 1. The zero-order valence-electron chi connectivity index (χ0n) is 23.0. The molecule has 1 saturated heterocycles. The fourth-order valence-corrected chi connectivity index (χ4v) is 5.07. The molecule has 2 amide bonds. The number of rotatable bonds is 12. The first-order valence-electron chi connectivity index (χ1n) is 13.9. The van der Waals surface area contributed by atoms with Crippen LogP contribution in [0.3, 0.4) is 0 Å². The minimum atomic E-state index is -0.600. The lowest BCUT2D eigenvalue weighted by atomic mass is 10.0. The Labute approximate surface area is 239 Å². The predicted molar refractivity (Wildman–Crippen MR) is 156 cm³/mol. The van der Waals surface area contributed by atoms with E-state index in [1.165, 1.54) is 12.1 Å². The number of pyridine rings is 1. The van der Waals surface area contributed by atoms with Gasteiger partial charge in [0, 0.05) is 31.2 Å². The van der Waals surface area contributed by atoms with Crippen LogP contribution < -0.4 is 22.1 Å². The van der Waals surface area contributed by atoms with E-state index >= 15 is 0 Å². The fraction of sp³-hybridized carbons (Fsp3) is 0.355. The van der Waals surface area contributed by atoms with E-state index in [4.69, 9.17) is 16.5 Å². The third-order valence-electron chi connectivity index (χ3n) is 7.25. The Bertz CT molecular complexity index is 1410. The summed E-state index contributed by atoms with van der Waals surface area (Å²) in [5, 5.41) is 15.8. The van der Waals surface area contributed by atoms with E-state index in [0.717, 1.165) is 18.4 Å². The van der Waals surface area contributed by atoms with Crippen LogP contribution in [0.5, 0.6) is 0 Å². The lowest BCUT2D eigenvalue weighted by Gasteiger charge is -2.27. The molecule has 3 aromatic rings. The van der Waals surface area contributed by atoms with Crippen molar-refractivity contribution in [3.05, 3.63) is 83.2 Å². The molecule has 2 aromatic carbocycles. The van der Waals surface area contributed by atoms with E-state index in [1.54, 1.807) is 41.3 Å². The van der Waals surface area contributed by atoms with Crippen molar-refractivity contribution in [1.29, 1.82) is 5.26 Å². The maximum absolute atomic E-state index is 13.6. The summed E-state index contributed by atoms with van der Waals surface area (Å²) in [6, 6.07) is 18.3. The van der Waals surface area contributed by atoms with Crippen molar-refractivity contribution in [2.45, 2.75) is 44.2 Å². The monoisotopic (exact) mass is 557 g/mol. The SMILES string of the molecule is N#Cc1ccccc1-c1ccc(C(=O)NC[C@H]2CCCN2C(=O)[C@@H](N)CCCN)c(NCCc2cccc(F)c2)n1. The first kappa shape index (κ1) is 29.6. The highest BCUT2D eigenvalue weighted by Gasteiger charge is 2.32. The smallest absolute Gasteiger partial charge is 0.255 e. The van der Waals surface area contributed by atoms with Gasteiger partial charge in [-0.3, -0.25) is 9.59 Å². The van der Waals surface area contributed by atoms with Crippen LogP contribution in [0.1, 0.15) is 47.2 Å². The minimum Gasteiger partial charge on any atom is -0.369 e. The van der Waals surface area contributed by atoms with Crippen LogP contribution in [0, 0.1) is 17.1 Å². The van der Waals surface area contributed by atoms with Crippen molar-refractivity contribution >= 4 is 17.6 Å². The summed E-state index contributed by atoms with van der Waals surface area (Å²) in [4.78, 5) is 32.8. The highest BCUT2D eigenvalue weighted by atomic mass is 19.1. The number of aromatic nitrogens is 1. The number of nitrogens with zero attached hydrogens (tertiary/aromatic N) is 3. The number of carbonyl (C=O) groups is 2. The molecule has 9 nitrogen and oxygen atoms in total. The molecule has 2 heterocycles. The summed E-state index contributed by atoms with van der Waals surface area (Å²) in [5.74, 6) is -0.405. The number of nitrogens with two attached hydrogens (primary N) is 2. The summed E-state index contributed by atoms with van der Waals surface area (Å²) < 4.78 is 13.6. The molecular weight excluding hydrogens is 521 g/mol. The van der Waals surface area contributed by atoms with Gasteiger partial charge in [0.1, 0.15) is 11.6 Å². The Morgan fingerprint density at radius 1 is 1.17 bits per heavy atom. The first-order chi connectivity index (χ1) is 19.9. The maximum Gasteiger partial charge on any atom is 0.255 e. The van der Waals surface area contributed by atoms with Gasteiger partial charge in [-0.15, -0.1) is 0 Å². The quantitative estimate of drug-likeness (QED) is 0.267. The van der Waals surface area contributed by atoms with Crippen LogP contribution in [0.15, 0.2) is 60.7 Å². The number of hydrogen-bond acceptors (Lipinski definition) is 7. The van der Waals surface area contributed by atoms with E-state index in [1.807, 2.05) is 12.1 Å². The zero-order valence-corrected chi connectivity index (χ0v) is 23.0. The molecule has 6 N–H and O–H groups in total. The molecule has 1 aromatic heterocycles. The average molecular weight is 558 g/mol. The highest BCUT2D eigenvalue weighted by Crippen LogP contribution is 2.25. The van der Waals surface area contributed by atoms with Gasteiger partial charge in [0.2, 0.25) is 5.91 Å². The molecule has 1 aliphatic heterocycles. The topological polar surface area (TPSA) is 150 Å². The number of nitriles is 1. The molecule has 0 radical (unpaired) electrons. The normalized spacial score (nSPS) is 15.3. The average Bonchev–Trinajstić information content (AvgIpc) is 3.47. The molecule has 0 unspecified atom stereocenters. The zero-order chi connectivity index (χ0) is 29.2. The Morgan fingerprint density at radius 2 is 2.00 bits per heavy atom. The Balaban J connectivity index is 1.50. The van der Waals surface area contributed by atoms with Crippen LogP contribution in [0.4, 0.5) is 10.2 Å². The molecule has 41 heavy (non-hydrogen) atoms. The van der Waals surface area contributed by atoms with Gasteiger partial charge in [0.25, 0.3) is 5.91 Å². The molecule has 1 fully saturated rings. The van der Waals surface area contributed by atoms with E-state index < -0.39 is 6.04 Å². The van der Waals surface area contributed by atoms with Crippen LogP contribution in [0.25, 0.3) is 11.3 Å². The molecule has 4 rings (SSSR count). The molecule has 0 spiro atoms. The summed E-state index contributed by atoms with van der Waals surface area (Å²) in [6.07, 6.45) is 3.35. The van der Waals surface area contributed by atoms with Gasteiger partial charge in [-0.2, -0.15) is 5.26 Å². The van der Waals surface area contributed by atoms with Crippen molar-refractivity contribution in [3.8, 4) is 17.3 Å². The van der Waals surface area contributed by atoms with Gasteiger partial charge in [-0.05, 0) is 74.5 Å². The van der Waals surface area contributed by atoms with Crippen LogP contribution in [-0.2, 0) is 11.2 Å². The lowest BCUT2D eigenvalue weighted by molar-refractivity contribution is -0.133. The van der Waals surface area contributed by atoms with Crippen molar-refractivity contribution in [3.63, 3.8) is 0 Å². The van der Waals surface area contributed by atoms with Crippen LogP contribution in [-0.4, -0.2) is 60.0 Å². The van der Waals surface area contributed by atoms with E-state index in [0.29, 0.717) is 67.1 Å². The molecular formula is C31H36FN7O2. The molecule has 1 aliphatic rings. The van der Waals surface area contributed by atoms with Gasteiger partial charge < -0.3 is 27.0 Å². The molecule has 10 heteroatoms. The lowest BCUT2D eigenvalue weighted by Crippen LogP contribution is -2.49. The fourth-order valence-electron chi connectivity index (χ4n) is 5.07. The van der Waals surface area contributed by atoms with Gasteiger partial charge in [-0.1, -0.05) is 30.3 Å². The Morgan fingerprint density at radius 3 is 2.78 bits per heavy atom. The molecule has 0 aliphatic carbocycles. The van der Waals surface area contributed by atoms with E-state index in [-0.39, 0.29) is 30.2 Å². The van der Waals surface area contributed by atoms with E-state index in [2.05, 4.69) is 16.7 Å². The van der Waals surface area contributed by atoms with Gasteiger partial charge in [0.15, 0.2) is 0 Å². The molecule has 0 bridgehead atoms. The van der Waals surface area contributed by atoms with Crippen molar-refractivity contribution in [1.82, 2.24) is 15.2 Å². The predicted octanol–water partition coefficient (Wildman–Crippen LogP) is 3.20. The number of hydrogen-bond donors (Lipinski definition) is 4. The number of carbonyl (C=O) groups excluding carboxylic acids is 2. The largest absolute Gasteiger partial charge is 0.369 e. The third kappa shape index (κ3) is 7.66. The second-order valence-corrected chi connectivity index (χ2v) is 10.1. The molecule has 214 valence electrons. The summed E-state index contributed by atoms with van der Waals surface area (Å²) in [7, 11) is 0. The van der Waals surface area contributed by atoms with Gasteiger partial charge >= 0.3 is 0 Å². The van der Waals surface area contributed by atoms with Crippen molar-refractivity contribution in [2.75, 3.05) is 31.5 Å². The number of benzene rings is 2. The van der Waals surface area contributed by atoms with Crippen molar-refractivity contribution < 1.29 is 14.0 Å². The Hall–Kier alpha value is -4.33. The number of halogens is 1. The summed E-state index contributed by atoms with van der Waals surface area (Å²) in [5.41, 5.74) is 14.5. The standard InChI is InChI=1S/C31H36FN7O2/c32-23-8-3-6-21(18-23)14-16-36-29-26(12-13-28(38-29)25-10-2-1-7-22(25)19-34)30(40)37-20-24-9-5-17-39(24)31(41)27(35)11-4-15-33/h1-3,6-8,10,12-13,18,24,27H,4-5,9,11,14-17,20,33,35H2,(H,36,38)(H,37,40)/t24-,27+/m1/s1. The van der Waals surface area contributed by atoms with Crippen LogP contribution in [0.2, 0.25) is 0 Å². The minimum absolute atomic E-state index is 0.114. The highest BCUT2D eigenvalue weighted by molar-refractivity contribution is 5.99. The van der Waals surface area contributed by atoms with Gasteiger partial charge in [-0.25, -0.2) is 9.37 Å². The first-order valence-corrected chi connectivity index (χ1v) is 13.9. The summed E-state index contributed by atoms with van der Waals surface area (Å²) >= 11 is 0. The third-order valence-corrected chi connectivity index (χ3v) is 7.25. The summed E-state index contributed by atoms with van der Waals surface area (Å²) in [6.45, 7) is 1.78. The second-order valence-electron chi connectivity index (χ2n) is 10.1. The van der Waals surface area contributed by atoms with Gasteiger partial charge in [0.05, 0.1) is 28.9 Å². The number of anilines is 1. The van der Waals surface area contributed by atoms with Crippen molar-refractivity contribution in [2.24, 2.45) is 11.5 Å². The Kier molecular flexibility index (Phi) is 10.4. The molecule has 2 atom stereocenters. The van der Waals surface area contributed by atoms with Crippen LogP contribution >= 0.6 is 0 Å². The molecule has 0 saturated carbocycles. The maximum atomic E-state index is 13.6.